The van der Waals surface area contributed by atoms with Gasteiger partial charge in [-0.1, -0.05) is 24.3 Å². The quantitative estimate of drug-likeness (QED) is 0.316. The Labute approximate surface area is 124 Å². The molecule has 0 unspecified atom stereocenters. The molecule has 2 aromatic carbocycles. The predicted molar refractivity (Wildman–Crippen MR) is 85.0 cm³/mol. The van der Waals surface area contributed by atoms with E-state index < -0.39 is 0 Å². The molecular formula is C16H19N4O. The summed E-state index contributed by atoms with van der Waals surface area (Å²) in [6.07, 6.45) is 0. The normalized spacial score (nSPS) is 10.3. The molecule has 0 heterocycles. The molecule has 0 atom stereocenters. The minimum absolute atomic E-state index is 0.0851. The van der Waals surface area contributed by atoms with Crippen molar-refractivity contribution in [1.82, 2.24) is 5.32 Å². The first-order chi connectivity index (χ1) is 10.2. The van der Waals surface area contributed by atoms with Gasteiger partial charge in [0.15, 0.2) is 5.96 Å². The number of anilines is 1. The van der Waals surface area contributed by atoms with E-state index in [-0.39, 0.29) is 12.6 Å². The van der Waals surface area contributed by atoms with Crippen molar-refractivity contribution in [2.45, 2.75) is 6.54 Å². The molecule has 5 heteroatoms. The summed E-state index contributed by atoms with van der Waals surface area (Å²) >= 11 is 0. The molecule has 0 saturated heterocycles. The fourth-order valence-electron chi connectivity index (χ4n) is 2.02. The zero-order valence-corrected chi connectivity index (χ0v) is 11.7. The lowest BCUT2D eigenvalue weighted by atomic mass is 10.0. The molecule has 109 valence electrons. The van der Waals surface area contributed by atoms with Crippen LogP contribution in [0.1, 0.15) is 5.56 Å². The van der Waals surface area contributed by atoms with Crippen LogP contribution < -0.4 is 16.4 Å². The summed E-state index contributed by atoms with van der Waals surface area (Å²) in [5.41, 5.74) is 9.23. The van der Waals surface area contributed by atoms with Crippen molar-refractivity contribution >= 4 is 11.6 Å². The molecule has 6 N–H and O–H groups in total. The van der Waals surface area contributed by atoms with Gasteiger partial charge in [-0.15, -0.1) is 0 Å². The maximum Gasteiger partial charge on any atom is 0.190 e. The SMILES string of the molecule is N=C(N)Nc1cccc(-c2[c]ccc(CNCCO)c2)c1. The third kappa shape index (κ3) is 4.59. The van der Waals surface area contributed by atoms with Gasteiger partial charge < -0.3 is 21.5 Å². The molecule has 1 radical (unpaired) electrons. The number of guanidine groups is 1. The fraction of sp³-hybridized carbons (Fsp3) is 0.188. The lowest BCUT2D eigenvalue weighted by molar-refractivity contribution is 0.292. The number of aliphatic hydroxyl groups excluding tert-OH is 1. The molecule has 2 aromatic rings. The van der Waals surface area contributed by atoms with E-state index >= 15 is 0 Å². The minimum Gasteiger partial charge on any atom is -0.395 e. The highest BCUT2D eigenvalue weighted by Gasteiger charge is 2.02. The Balaban J connectivity index is 2.17. The summed E-state index contributed by atoms with van der Waals surface area (Å²) in [6.45, 7) is 1.41. The summed E-state index contributed by atoms with van der Waals surface area (Å²) in [6, 6.07) is 16.8. The van der Waals surface area contributed by atoms with Crippen molar-refractivity contribution in [2.24, 2.45) is 5.73 Å². The lowest BCUT2D eigenvalue weighted by Crippen LogP contribution is -2.20. The number of hydrogen-bond acceptors (Lipinski definition) is 3. The van der Waals surface area contributed by atoms with Crippen LogP contribution in [0.4, 0.5) is 5.69 Å². The van der Waals surface area contributed by atoms with Crippen LogP contribution in [-0.2, 0) is 6.54 Å². The highest BCUT2D eigenvalue weighted by atomic mass is 16.3. The van der Waals surface area contributed by atoms with Crippen LogP contribution in [0.25, 0.3) is 11.1 Å². The van der Waals surface area contributed by atoms with Crippen LogP contribution in [0.2, 0.25) is 0 Å². The highest BCUT2D eigenvalue weighted by molar-refractivity contribution is 5.90. The molecule has 0 fully saturated rings. The Morgan fingerprint density at radius 2 is 2.14 bits per heavy atom. The van der Waals surface area contributed by atoms with Crippen LogP contribution >= 0.6 is 0 Å². The monoisotopic (exact) mass is 283 g/mol. The second-order valence-electron chi connectivity index (χ2n) is 4.63. The van der Waals surface area contributed by atoms with E-state index in [2.05, 4.69) is 22.8 Å². The fourth-order valence-corrected chi connectivity index (χ4v) is 2.02. The Morgan fingerprint density at radius 1 is 1.29 bits per heavy atom. The Bertz CT molecular complexity index is 613. The summed E-state index contributed by atoms with van der Waals surface area (Å²) in [5.74, 6) is -0.0851. The van der Waals surface area contributed by atoms with Gasteiger partial charge in [-0.3, -0.25) is 5.41 Å². The van der Waals surface area contributed by atoms with Crippen molar-refractivity contribution < 1.29 is 5.11 Å². The number of aliphatic hydroxyl groups is 1. The van der Waals surface area contributed by atoms with Crippen LogP contribution in [-0.4, -0.2) is 24.2 Å². The first-order valence-electron chi connectivity index (χ1n) is 6.72. The molecule has 0 aliphatic heterocycles. The van der Waals surface area contributed by atoms with Crippen LogP contribution in [0.5, 0.6) is 0 Å². The van der Waals surface area contributed by atoms with E-state index in [1.54, 1.807) is 0 Å². The van der Waals surface area contributed by atoms with Gasteiger partial charge in [-0.05, 0) is 41.0 Å². The van der Waals surface area contributed by atoms with Crippen LogP contribution in [0.15, 0.2) is 42.5 Å². The predicted octanol–water partition coefficient (Wildman–Crippen LogP) is 1.54. The first kappa shape index (κ1) is 15.0. The smallest absolute Gasteiger partial charge is 0.190 e. The van der Waals surface area contributed by atoms with E-state index in [9.17, 15) is 0 Å². The van der Waals surface area contributed by atoms with Gasteiger partial charge in [-0.2, -0.15) is 0 Å². The molecule has 0 spiro atoms. The topological polar surface area (TPSA) is 94.2 Å². The average Bonchev–Trinajstić information content (AvgIpc) is 2.47. The molecule has 0 aromatic heterocycles. The third-order valence-electron chi connectivity index (χ3n) is 2.94. The van der Waals surface area contributed by atoms with E-state index in [0.717, 1.165) is 22.4 Å². The van der Waals surface area contributed by atoms with Gasteiger partial charge in [0, 0.05) is 18.8 Å². The number of rotatable bonds is 6. The van der Waals surface area contributed by atoms with Crippen LogP contribution in [0.3, 0.4) is 0 Å². The number of benzene rings is 2. The van der Waals surface area contributed by atoms with Gasteiger partial charge in [0.2, 0.25) is 0 Å². The molecule has 0 aliphatic carbocycles. The Hall–Kier alpha value is -2.37. The standard InChI is InChI=1S/C16H19N4O/c17-16(18)20-15-6-2-5-14(10-15)13-4-1-3-12(9-13)11-19-7-8-21/h1-3,5-6,9-10,19,21H,7-8,11H2,(H4,17,18,20). The molecular weight excluding hydrogens is 264 g/mol. The van der Waals surface area contributed by atoms with E-state index in [1.165, 1.54) is 0 Å². The lowest BCUT2D eigenvalue weighted by Gasteiger charge is -2.09. The second kappa shape index (κ2) is 7.42. The summed E-state index contributed by atoms with van der Waals surface area (Å²) in [5, 5.41) is 22.0. The van der Waals surface area contributed by atoms with Crippen molar-refractivity contribution in [1.29, 1.82) is 5.41 Å². The van der Waals surface area contributed by atoms with Gasteiger partial charge >= 0.3 is 0 Å². The molecule has 5 nitrogen and oxygen atoms in total. The second-order valence-corrected chi connectivity index (χ2v) is 4.63. The molecule has 0 amide bonds. The zero-order valence-electron chi connectivity index (χ0n) is 11.7. The zero-order chi connectivity index (χ0) is 15.1. The summed E-state index contributed by atoms with van der Waals surface area (Å²) in [7, 11) is 0. The number of nitrogens with two attached hydrogens (primary N) is 1. The first-order valence-corrected chi connectivity index (χ1v) is 6.72. The van der Waals surface area contributed by atoms with Gasteiger partial charge in [-0.25, -0.2) is 0 Å². The largest absolute Gasteiger partial charge is 0.395 e. The summed E-state index contributed by atoms with van der Waals surface area (Å²) in [4.78, 5) is 0. The number of hydrogen-bond donors (Lipinski definition) is 5. The molecule has 21 heavy (non-hydrogen) atoms. The van der Waals surface area contributed by atoms with Gasteiger partial charge in [0.1, 0.15) is 0 Å². The number of nitrogens with one attached hydrogen (secondary N) is 3. The minimum atomic E-state index is -0.0851. The van der Waals surface area contributed by atoms with Gasteiger partial charge in [0.05, 0.1) is 6.61 Å². The maximum atomic E-state index is 8.78. The van der Waals surface area contributed by atoms with E-state index in [0.29, 0.717) is 13.1 Å². The molecule has 0 bridgehead atoms. The molecule has 2 rings (SSSR count). The Morgan fingerprint density at radius 3 is 2.90 bits per heavy atom. The van der Waals surface area contributed by atoms with Crippen molar-refractivity contribution in [3.63, 3.8) is 0 Å². The highest BCUT2D eigenvalue weighted by Crippen LogP contribution is 2.23. The Kier molecular flexibility index (Phi) is 5.31. The summed E-state index contributed by atoms with van der Waals surface area (Å²) < 4.78 is 0. The van der Waals surface area contributed by atoms with Crippen molar-refractivity contribution in [2.75, 3.05) is 18.5 Å². The van der Waals surface area contributed by atoms with Crippen molar-refractivity contribution in [3.8, 4) is 11.1 Å². The molecule has 0 aliphatic rings. The third-order valence-corrected chi connectivity index (χ3v) is 2.94. The molecule has 0 saturated carbocycles. The van der Waals surface area contributed by atoms with E-state index in [4.69, 9.17) is 16.2 Å². The van der Waals surface area contributed by atoms with E-state index in [1.807, 2.05) is 36.4 Å². The van der Waals surface area contributed by atoms with Gasteiger partial charge in [0.25, 0.3) is 0 Å². The van der Waals surface area contributed by atoms with Crippen molar-refractivity contribution in [3.05, 3.63) is 54.1 Å². The maximum absolute atomic E-state index is 8.78. The van der Waals surface area contributed by atoms with Crippen LogP contribution in [0, 0.1) is 11.5 Å². The average molecular weight is 283 g/mol.